The van der Waals surface area contributed by atoms with Crippen molar-refractivity contribution in [3.8, 4) is 5.75 Å². The van der Waals surface area contributed by atoms with Crippen molar-refractivity contribution in [3.63, 3.8) is 0 Å². The van der Waals surface area contributed by atoms with Gasteiger partial charge in [-0.25, -0.2) is 9.59 Å². The number of nitrogens with one attached hydrogen (secondary N) is 1. The Morgan fingerprint density at radius 2 is 1.74 bits per heavy atom. The zero-order valence-electron chi connectivity index (χ0n) is 17.2. The summed E-state index contributed by atoms with van der Waals surface area (Å²) in [6.07, 6.45) is -5.26. The van der Waals surface area contributed by atoms with Gasteiger partial charge in [0.15, 0.2) is 0 Å². The summed E-state index contributed by atoms with van der Waals surface area (Å²) in [7, 11) is 1.20. The molecular weight excluding hydrogens is 439 g/mol. The summed E-state index contributed by atoms with van der Waals surface area (Å²) < 4.78 is 53.7. The molecule has 1 amide bonds. The minimum absolute atomic E-state index is 0.0276. The molecule has 0 heterocycles. The van der Waals surface area contributed by atoms with E-state index in [9.17, 15) is 22.8 Å². The average molecular weight is 460 g/mol. The molecule has 31 heavy (non-hydrogen) atoms. The third kappa shape index (κ3) is 7.36. The Morgan fingerprint density at radius 1 is 1.06 bits per heavy atom. The van der Waals surface area contributed by atoms with E-state index in [1.165, 1.54) is 25.3 Å². The molecule has 0 radical (unpaired) electrons. The lowest BCUT2D eigenvalue weighted by atomic mass is 10.1. The Hall–Kier alpha value is -2.94. The van der Waals surface area contributed by atoms with Crippen LogP contribution in [0.15, 0.2) is 36.4 Å². The molecular formula is C21H21ClF3NO5. The van der Waals surface area contributed by atoms with E-state index >= 15 is 0 Å². The summed E-state index contributed by atoms with van der Waals surface area (Å²) in [5.74, 6) is -0.624. The number of benzene rings is 2. The SMILES string of the molecule is COC(=O)c1cc(COc2ccc(C(F)(F)F)cc2Cl)cc(NC(=O)OC(C)(C)C)c1. The average Bonchev–Trinajstić information content (AvgIpc) is 2.63. The van der Waals surface area contributed by atoms with Gasteiger partial charge in [-0.3, -0.25) is 5.32 Å². The van der Waals surface area contributed by atoms with Gasteiger partial charge in [-0.2, -0.15) is 13.2 Å². The second-order valence-electron chi connectivity index (χ2n) is 7.47. The van der Waals surface area contributed by atoms with Gasteiger partial charge >= 0.3 is 18.2 Å². The molecule has 0 fully saturated rings. The first-order chi connectivity index (χ1) is 14.3. The van der Waals surface area contributed by atoms with E-state index in [4.69, 9.17) is 25.8 Å². The summed E-state index contributed by atoms with van der Waals surface area (Å²) in [4.78, 5) is 24.0. The van der Waals surface area contributed by atoms with Gasteiger partial charge in [0.05, 0.1) is 23.3 Å². The number of ether oxygens (including phenoxy) is 3. The minimum Gasteiger partial charge on any atom is -0.487 e. The van der Waals surface area contributed by atoms with Crippen molar-refractivity contribution >= 4 is 29.4 Å². The molecule has 0 saturated heterocycles. The number of amides is 1. The highest BCUT2D eigenvalue weighted by Gasteiger charge is 2.31. The maximum Gasteiger partial charge on any atom is 0.416 e. The van der Waals surface area contributed by atoms with Crippen LogP contribution in [0.5, 0.6) is 5.75 Å². The monoisotopic (exact) mass is 459 g/mol. The summed E-state index contributed by atoms with van der Waals surface area (Å²) >= 11 is 5.89. The molecule has 0 spiro atoms. The number of halogens is 4. The highest BCUT2D eigenvalue weighted by molar-refractivity contribution is 6.32. The number of anilines is 1. The Bertz CT molecular complexity index is 970. The van der Waals surface area contributed by atoms with Crippen LogP contribution in [0.3, 0.4) is 0 Å². The van der Waals surface area contributed by atoms with E-state index in [0.717, 1.165) is 18.2 Å². The summed E-state index contributed by atoms with van der Waals surface area (Å²) in [5, 5.41) is 2.30. The molecule has 2 rings (SSSR count). The number of methoxy groups -OCH3 is 1. The molecule has 0 aromatic heterocycles. The maximum absolute atomic E-state index is 12.8. The summed E-state index contributed by atoms with van der Waals surface area (Å²) in [5.41, 5.74) is -0.816. The molecule has 0 unspecified atom stereocenters. The van der Waals surface area contributed by atoms with Gasteiger partial charge in [0.1, 0.15) is 18.0 Å². The van der Waals surface area contributed by atoms with Crippen LogP contribution in [0.2, 0.25) is 5.02 Å². The molecule has 0 aliphatic rings. The van der Waals surface area contributed by atoms with Gasteiger partial charge in [-0.15, -0.1) is 0 Å². The number of rotatable bonds is 5. The van der Waals surface area contributed by atoms with Crippen LogP contribution in [-0.4, -0.2) is 24.8 Å². The second-order valence-corrected chi connectivity index (χ2v) is 7.88. The molecule has 0 atom stereocenters. The largest absolute Gasteiger partial charge is 0.487 e. The number of carbonyl (C=O) groups excluding carboxylic acids is 2. The van der Waals surface area contributed by atoms with Crippen molar-refractivity contribution in [2.24, 2.45) is 0 Å². The number of hydrogen-bond acceptors (Lipinski definition) is 5. The Balaban J connectivity index is 2.23. The Labute approximate surface area is 182 Å². The lowest BCUT2D eigenvalue weighted by molar-refractivity contribution is -0.137. The molecule has 0 bridgehead atoms. The number of alkyl halides is 3. The number of carbonyl (C=O) groups is 2. The molecule has 2 aromatic rings. The predicted molar refractivity (Wildman–Crippen MR) is 108 cm³/mol. The topological polar surface area (TPSA) is 73.9 Å². The van der Waals surface area contributed by atoms with Crippen LogP contribution in [0.4, 0.5) is 23.7 Å². The van der Waals surface area contributed by atoms with Gasteiger partial charge in [-0.1, -0.05) is 11.6 Å². The second kappa shape index (κ2) is 9.47. The first-order valence-corrected chi connectivity index (χ1v) is 9.38. The van der Waals surface area contributed by atoms with Crippen molar-refractivity contribution in [2.75, 3.05) is 12.4 Å². The molecule has 1 N–H and O–H groups in total. The van der Waals surface area contributed by atoms with Crippen LogP contribution in [0.1, 0.15) is 42.3 Å². The van der Waals surface area contributed by atoms with E-state index < -0.39 is 29.4 Å². The summed E-state index contributed by atoms with van der Waals surface area (Å²) in [6, 6.07) is 7.09. The van der Waals surface area contributed by atoms with Gasteiger partial charge in [0.25, 0.3) is 0 Å². The van der Waals surface area contributed by atoms with E-state index in [2.05, 4.69) is 5.32 Å². The van der Waals surface area contributed by atoms with E-state index in [0.29, 0.717) is 5.56 Å². The zero-order valence-corrected chi connectivity index (χ0v) is 18.0. The van der Waals surface area contributed by atoms with Crippen molar-refractivity contribution in [2.45, 2.75) is 39.2 Å². The molecule has 2 aromatic carbocycles. The van der Waals surface area contributed by atoms with Gasteiger partial charge < -0.3 is 14.2 Å². The lowest BCUT2D eigenvalue weighted by Gasteiger charge is -2.20. The summed E-state index contributed by atoms with van der Waals surface area (Å²) in [6.45, 7) is 4.96. The van der Waals surface area contributed by atoms with Gasteiger partial charge in [-0.05, 0) is 62.7 Å². The van der Waals surface area contributed by atoms with E-state index in [-0.39, 0.29) is 28.6 Å². The number of hydrogen-bond donors (Lipinski definition) is 1. The first kappa shape index (κ1) is 24.3. The van der Waals surface area contributed by atoms with Crippen LogP contribution < -0.4 is 10.1 Å². The van der Waals surface area contributed by atoms with Crippen molar-refractivity contribution in [1.82, 2.24) is 0 Å². The highest BCUT2D eigenvalue weighted by atomic mass is 35.5. The molecule has 0 saturated carbocycles. The van der Waals surface area contributed by atoms with Crippen LogP contribution in [0.25, 0.3) is 0 Å². The highest BCUT2D eigenvalue weighted by Crippen LogP contribution is 2.35. The van der Waals surface area contributed by atoms with Crippen molar-refractivity contribution < 1.29 is 37.0 Å². The fraction of sp³-hybridized carbons (Fsp3) is 0.333. The Kier molecular flexibility index (Phi) is 7.43. The van der Waals surface area contributed by atoms with Gasteiger partial charge in [0.2, 0.25) is 0 Å². The normalized spacial score (nSPS) is 11.6. The smallest absolute Gasteiger partial charge is 0.416 e. The predicted octanol–water partition coefficient (Wildman–Crippen LogP) is 6.07. The lowest BCUT2D eigenvalue weighted by Crippen LogP contribution is -2.27. The molecule has 168 valence electrons. The molecule has 6 nitrogen and oxygen atoms in total. The molecule has 10 heteroatoms. The van der Waals surface area contributed by atoms with Crippen molar-refractivity contribution in [1.29, 1.82) is 0 Å². The van der Waals surface area contributed by atoms with Gasteiger partial charge in [0, 0.05) is 5.69 Å². The molecule has 0 aliphatic heterocycles. The fourth-order valence-corrected chi connectivity index (χ4v) is 2.70. The fourth-order valence-electron chi connectivity index (χ4n) is 2.46. The third-order valence-electron chi connectivity index (χ3n) is 3.71. The van der Waals surface area contributed by atoms with Crippen LogP contribution in [0, 0.1) is 0 Å². The van der Waals surface area contributed by atoms with Crippen LogP contribution in [-0.2, 0) is 22.3 Å². The molecule has 0 aliphatic carbocycles. The minimum atomic E-state index is -4.53. The first-order valence-electron chi connectivity index (χ1n) is 9.00. The van der Waals surface area contributed by atoms with Crippen LogP contribution >= 0.6 is 11.6 Å². The van der Waals surface area contributed by atoms with E-state index in [1.807, 2.05) is 0 Å². The zero-order chi connectivity index (χ0) is 23.4. The number of esters is 1. The van der Waals surface area contributed by atoms with E-state index in [1.54, 1.807) is 20.8 Å². The standard InChI is InChI=1S/C21H21ClF3NO5/c1-20(2,3)31-19(28)26-15-8-12(7-13(9-15)18(27)29-4)11-30-17-6-5-14(10-16(17)22)21(23,24)25/h5-10H,11H2,1-4H3,(H,26,28). The third-order valence-corrected chi connectivity index (χ3v) is 4.01. The maximum atomic E-state index is 12.8. The van der Waals surface area contributed by atoms with Crippen molar-refractivity contribution in [3.05, 3.63) is 58.1 Å². The Morgan fingerprint density at radius 3 is 2.29 bits per heavy atom. The quantitative estimate of drug-likeness (QED) is 0.549.